The summed E-state index contributed by atoms with van der Waals surface area (Å²) in [6.45, 7) is 5.69. The van der Waals surface area contributed by atoms with Gasteiger partial charge in [-0.1, -0.05) is 0 Å². The van der Waals surface area contributed by atoms with E-state index in [2.05, 4.69) is 32.5 Å². The molecule has 0 radical (unpaired) electrons. The number of nitrogens with one attached hydrogen (secondary N) is 2. The van der Waals surface area contributed by atoms with Crippen LogP contribution in [0, 0.1) is 5.92 Å². The number of hydrogen-bond acceptors (Lipinski definition) is 6. The zero-order valence-electron chi connectivity index (χ0n) is 14.4. The van der Waals surface area contributed by atoms with Crippen molar-refractivity contribution in [2.24, 2.45) is 5.92 Å². The number of likely N-dealkylation sites (N-methyl/N-ethyl adjacent to an activating group) is 1. The molecule has 0 aliphatic carbocycles. The van der Waals surface area contributed by atoms with E-state index < -0.39 is 0 Å². The Morgan fingerprint density at radius 2 is 2.04 bits per heavy atom. The van der Waals surface area contributed by atoms with Crippen LogP contribution >= 0.6 is 24.8 Å². The molecule has 3 N–H and O–H groups in total. The van der Waals surface area contributed by atoms with Crippen LogP contribution in [0.1, 0.15) is 10.4 Å². The fourth-order valence-electron chi connectivity index (χ4n) is 3.02. The molecule has 25 heavy (non-hydrogen) atoms. The van der Waals surface area contributed by atoms with Crippen LogP contribution in [-0.2, 0) is 0 Å². The summed E-state index contributed by atoms with van der Waals surface area (Å²) in [5, 5.41) is 15.8. The van der Waals surface area contributed by atoms with Crippen molar-refractivity contribution < 1.29 is 9.90 Å². The predicted molar refractivity (Wildman–Crippen MR) is 103 cm³/mol. The number of amides is 1. The molecule has 1 amide bonds. The lowest BCUT2D eigenvalue weighted by Crippen LogP contribution is -2.44. The van der Waals surface area contributed by atoms with Crippen LogP contribution in [0.25, 0.3) is 0 Å². The molecule has 1 aromatic heterocycles. The number of β-amino-alcohol motifs (C(OH)–C–C–N with tert-alkyl or cyclic N) is 1. The van der Waals surface area contributed by atoms with Crippen LogP contribution in [-0.4, -0.2) is 79.9 Å². The molecule has 2 saturated heterocycles. The highest BCUT2D eigenvalue weighted by molar-refractivity contribution is 5.94. The maximum atomic E-state index is 12.3. The Balaban J connectivity index is 0.00000156. The maximum absolute atomic E-state index is 12.3. The summed E-state index contributed by atoms with van der Waals surface area (Å²) in [6.07, 6.45) is 1.31. The van der Waals surface area contributed by atoms with E-state index in [-0.39, 0.29) is 42.7 Å². The topological polar surface area (TPSA) is 80.7 Å². The second-order valence-corrected chi connectivity index (χ2v) is 6.39. The van der Waals surface area contributed by atoms with Crippen LogP contribution in [0.15, 0.2) is 18.3 Å². The van der Waals surface area contributed by atoms with E-state index in [1.807, 2.05) is 6.07 Å². The van der Waals surface area contributed by atoms with E-state index in [9.17, 15) is 9.90 Å². The number of piperazine rings is 1. The van der Waals surface area contributed by atoms with E-state index in [0.29, 0.717) is 18.7 Å². The molecule has 3 heterocycles. The summed E-state index contributed by atoms with van der Waals surface area (Å²) >= 11 is 0. The number of carbonyl (C=O) groups is 1. The van der Waals surface area contributed by atoms with Crippen molar-refractivity contribution in [3.8, 4) is 0 Å². The molecule has 1 aromatic rings. The minimum atomic E-state index is -0.381. The van der Waals surface area contributed by atoms with Gasteiger partial charge in [-0.3, -0.25) is 4.79 Å². The quantitative estimate of drug-likeness (QED) is 0.669. The first kappa shape index (κ1) is 21.9. The number of aliphatic hydroxyl groups excluding tert-OH is 1. The van der Waals surface area contributed by atoms with Gasteiger partial charge in [0.2, 0.25) is 0 Å². The van der Waals surface area contributed by atoms with Gasteiger partial charge in [0, 0.05) is 63.5 Å². The van der Waals surface area contributed by atoms with Crippen molar-refractivity contribution in [1.82, 2.24) is 20.5 Å². The number of anilines is 1. The summed E-state index contributed by atoms with van der Waals surface area (Å²) in [7, 11) is 2.11. The first-order valence-electron chi connectivity index (χ1n) is 8.20. The number of nitrogens with zero attached hydrogens (tertiary/aromatic N) is 3. The summed E-state index contributed by atoms with van der Waals surface area (Å²) in [6, 6.07) is 3.59. The lowest BCUT2D eigenvalue weighted by atomic mass is 10.1. The molecular formula is C16H27Cl2N5O2. The Kier molecular flexibility index (Phi) is 8.88. The average Bonchev–Trinajstić information content (AvgIpc) is 2.98. The number of rotatable bonds is 4. The van der Waals surface area contributed by atoms with Crippen molar-refractivity contribution in [3.63, 3.8) is 0 Å². The second-order valence-electron chi connectivity index (χ2n) is 6.39. The Hall–Kier alpha value is -1.12. The number of aliphatic hydroxyl groups is 1. The first-order valence-corrected chi connectivity index (χ1v) is 8.20. The molecule has 7 nitrogen and oxygen atoms in total. The lowest BCUT2D eigenvalue weighted by molar-refractivity contribution is 0.0927. The van der Waals surface area contributed by atoms with Gasteiger partial charge in [-0.2, -0.15) is 0 Å². The molecule has 2 aliphatic rings. The molecule has 0 bridgehead atoms. The summed E-state index contributed by atoms with van der Waals surface area (Å²) < 4.78 is 0. The fourth-order valence-corrected chi connectivity index (χ4v) is 3.02. The monoisotopic (exact) mass is 391 g/mol. The SMILES string of the molecule is CN1CCN(c2cc(C(=O)NCC3CNCC3O)ccn2)CC1.Cl.Cl. The van der Waals surface area contributed by atoms with Crippen molar-refractivity contribution in [1.29, 1.82) is 0 Å². The number of aromatic nitrogens is 1. The number of carbonyl (C=O) groups excluding carboxylic acids is 1. The highest BCUT2D eigenvalue weighted by Crippen LogP contribution is 2.15. The van der Waals surface area contributed by atoms with E-state index in [1.54, 1.807) is 12.3 Å². The van der Waals surface area contributed by atoms with Crippen molar-refractivity contribution >= 4 is 36.5 Å². The van der Waals surface area contributed by atoms with E-state index in [1.165, 1.54) is 0 Å². The highest BCUT2D eigenvalue weighted by Gasteiger charge is 2.25. The minimum absolute atomic E-state index is 0. The van der Waals surface area contributed by atoms with Gasteiger partial charge in [0.15, 0.2) is 0 Å². The number of hydrogen-bond donors (Lipinski definition) is 3. The van der Waals surface area contributed by atoms with Crippen molar-refractivity contribution in [2.75, 3.05) is 57.8 Å². The molecule has 2 fully saturated rings. The molecule has 142 valence electrons. The van der Waals surface area contributed by atoms with Crippen LogP contribution in [0.2, 0.25) is 0 Å². The second kappa shape index (κ2) is 10.1. The normalized spacial score (nSPS) is 23.5. The van der Waals surface area contributed by atoms with Gasteiger partial charge in [-0.15, -0.1) is 24.8 Å². The van der Waals surface area contributed by atoms with E-state index >= 15 is 0 Å². The molecule has 2 atom stereocenters. The Morgan fingerprint density at radius 3 is 2.68 bits per heavy atom. The Labute approximate surface area is 161 Å². The van der Waals surface area contributed by atoms with E-state index in [4.69, 9.17) is 0 Å². The number of halogens is 2. The Bertz CT molecular complexity index is 555. The molecule has 9 heteroatoms. The smallest absolute Gasteiger partial charge is 0.251 e. The zero-order chi connectivity index (χ0) is 16.2. The summed E-state index contributed by atoms with van der Waals surface area (Å²) in [4.78, 5) is 21.2. The largest absolute Gasteiger partial charge is 0.391 e. The third kappa shape index (κ3) is 5.69. The molecular weight excluding hydrogens is 365 g/mol. The predicted octanol–water partition coefficient (Wildman–Crippen LogP) is -0.0129. The van der Waals surface area contributed by atoms with Crippen molar-refractivity contribution in [2.45, 2.75) is 6.10 Å². The van der Waals surface area contributed by atoms with Gasteiger partial charge in [0.25, 0.3) is 5.91 Å². The lowest BCUT2D eigenvalue weighted by Gasteiger charge is -2.33. The summed E-state index contributed by atoms with van der Waals surface area (Å²) in [5.74, 6) is 0.827. The molecule has 3 rings (SSSR count). The molecule has 2 unspecified atom stereocenters. The third-order valence-corrected chi connectivity index (χ3v) is 4.66. The van der Waals surface area contributed by atoms with Crippen LogP contribution < -0.4 is 15.5 Å². The van der Waals surface area contributed by atoms with Gasteiger partial charge in [-0.25, -0.2) is 4.98 Å². The minimum Gasteiger partial charge on any atom is -0.391 e. The average molecular weight is 392 g/mol. The molecule has 2 aliphatic heterocycles. The van der Waals surface area contributed by atoms with Crippen LogP contribution in [0.5, 0.6) is 0 Å². The van der Waals surface area contributed by atoms with E-state index in [0.717, 1.165) is 38.5 Å². The first-order chi connectivity index (χ1) is 11.1. The van der Waals surface area contributed by atoms with Crippen molar-refractivity contribution in [3.05, 3.63) is 23.9 Å². The Morgan fingerprint density at radius 1 is 1.32 bits per heavy atom. The van der Waals surface area contributed by atoms with Gasteiger partial charge in [0.05, 0.1) is 6.10 Å². The van der Waals surface area contributed by atoms with Gasteiger partial charge in [-0.05, 0) is 19.2 Å². The number of pyridine rings is 1. The standard InChI is InChI=1S/C16H25N5O2.2ClH/c1-20-4-6-21(7-5-20)15-8-12(2-3-18-15)16(23)19-10-13-9-17-11-14(13)22;;/h2-3,8,13-14,17,22H,4-7,9-11H2,1H3,(H,19,23);2*1H. The maximum Gasteiger partial charge on any atom is 0.251 e. The van der Waals surface area contributed by atoms with Crippen LogP contribution in [0.3, 0.4) is 0 Å². The summed E-state index contributed by atoms with van der Waals surface area (Å²) in [5.41, 5.74) is 0.620. The van der Waals surface area contributed by atoms with Gasteiger partial charge < -0.3 is 25.5 Å². The molecule has 0 aromatic carbocycles. The van der Waals surface area contributed by atoms with Gasteiger partial charge in [0.1, 0.15) is 5.82 Å². The van der Waals surface area contributed by atoms with Gasteiger partial charge >= 0.3 is 0 Å². The zero-order valence-corrected chi connectivity index (χ0v) is 16.0. The molecule has 0 saturated carbocycles. The third-order valence-electron chi connectivity index (χ3n) is 4.66. The van der Waals surface area contributed by atoms with Crippen LogP contribution in [0.4, 0.5) is 5.82 Å². The molecule has 0 spiro atoms. The fraction of sp³-hybridized carbons (Fsp3) is 0.625. The highest BCUT2D eigenvalue weighted by atomic mass is 35.5.